The molecule has 7 aromatic rings. The standard InChI is InChI=1S/C27H26ClN3O4.C19H21ClN2O4.C7H5ClN2/c1-16(2)34-24-12-9-19(14-21(24)28)27(33)31-23(26(29)32)13-17-7-10-20(11-8-17)35-25-15-18-5-3-4-6-22(18)30-25;1-11(2)26-17-8-5-13(10-15(17)20)19(25)22-16(18(21)24)9-12-3-6-14(23)7-4-12;8-7-9-5-3-1-2-4-6(5)10-7/h3-12,14,16,23H,13,15H2,1-2H3,(H2,29,32)(H,31,33);3-8,10-11,16,23H,9H2,1-2H3,(H2,21,24)(H,22,25);1-4H,(H,9,10)/t23-;16-;/m00./s1. The molecule has 2 atom stereocenters. The maximum Gasteiger partial charge on any atom is 0.251 e. The van der Waals surface area contributed by atoms with E-state index in [9.17, 15) is 24.3 Å². The number of carbonyl (C=O) groups is 4. The van der Waals surface area contributed by atoms with E-state index in [1.54, 1.807) is 48.5 Å². The van der Waals surface area contributed by atoms with Crippen LogP contribution >= 0.6 is 34.8 Å². The Kier molecular flexibility index (Phi) is 18.4. The second-order valence-corrected chi connectivity index (χ2v) is 17.8. The Morgan fingerprint density at radius 1 is 0.662 bits per heavy atom. The molecule has 1 aliphatic heterocycles. The van der Waals surface area contributed by atoms with E-state index in [1.807, 2.05) is 88.4 Å². The van der Waals surface area contributed by atoms with Crippen LogP contribution in [0, 0.1) is 0 Å². The predicted octanol–water partition coefficient (Wildman–Crippen LogP) is 9.49. The second kappa shape index (κ2) is 24.8. The minimum absolute atomic E-state index is 0.0447. The highest BCUT2D eigenvalue weighted by molar-refractivity contribution is 6.33. The number of nitrogens with zero attached hydrogens (tertiary/aromatic N) is 2. The fourth-order valence-corrected chi connectivity index (χ4v) is 7.57. The molecule has 0 saturated carbocycles. The zero-order chi connectivity index (χ0) is 51.2. The Morgan fingerprint density at radius 3 is 1.63 bits per heavy atom. The molecule has 2 heterocycles. The summed E-state index contributed by atoms with van der Waals surface area (Å²) in [4.78, 5) is 60.3. The number of imidazole rings is 1. The number of H-pyrrole nitrogens is 1. The first-order valence-corrected chi connectivity index (χ1v) is 23.5. The third kappa shape index (κ3) is 15.7. The summed E-state index contributed by atoms with van der Waals surface area (Å²) >= 11 is 18.0. The minimum atomic E-state index is -0.895. The van der Waals surface area contributed by atoms with Gasteiger partial charge in [-0.2, -0.15) is 0 Å². The monoisotopic (exact) mass is 1020 g/mol. The van der Waals surface area contributed by atoms with Crippen LogP contribution in [0.2, 0.25) is 15.3 Å². The number of ether oxygens (including phenoxy) is 3. The van der Waals surface area contributed by atoms with E-state index in [0.717, 1.165) is 33.4 Å². The average Bonchev–Trinajstić information content (AvgIpc) is 3.93. The number of nitrogens with two attached hydrogens (primary N) is 2. The van der Waals surface area contributed by atoms with Crippen LogP contribution in [0.5, 0.6) is 23.0 Å². The van der Waals surface area contributed by atoms with E-state index >= 15 is 0 Å². The van der Waals surface area contributed by atoms with E-state index in [1.165, 1.54) is 24.3 Å². The molecule has 0 aliphatic carbocycles. The molecule has 0 saturated heterocycles. The third-order valence-electron chi connectivity index (χ3n) is 10.3. The smallest absolute Gasteiger partial charge is 0.251 e. The number of aromatic nitrogens is 2. The molecule has 71 heavy (non-hydrogen) atoms. The van der Waals surface area contributed by atoms with Crippen molar-refractivity contribution >= 4 is 81.1 Å². The number of hydrogen-bond acceptors (Lipinski definition) is 10. The third-order valence-corrected chi connectivity index (χ3v) is 11.1. The van der Waals surface area contributed by atoms with Gasteiger partial charge in [0.1, 0.15) is 35.1 Å². The van der Waals surface area contributed by atoms with Crippen LogP contribution in [0.25, 0.3) is 11.0 Å². The number of fused-ring (bicyclic) bond motifs is 2. The molecule has 8 N–H and O–H groups in total. The summed E-state index contributed by atoms with van der Waals surface area (Å²) in [5.74, 6) is 0.138. The van der Waals surface area contributed by atoms with Crippen LogP contribution < -0.4 is 36.3 Å². The van der Waals surface area contributed by atoms with Crippen molar-refractivity contribution in [2.45, 2.75) is 71.2 Å². The van der Waals surface area contributed by atoms with E-state index < -0.39 is 35.7 Å². The van der Waals surface area contributed by atoms with Crippen LogP contribution in [0.3, 0.4) is 0 Å². The summed E-state index contributed by atoms with van der Waals surface area (Å²) in [5.41, 5.74) is 17.1. The van der Waals surface area contributed by atoms with Gasteiger partial charge in [-0.25, -0.2) is 9.98 Å². The number of carbonyl (C=O) groups excluding carboxylic acids is 4. The molecule has 1 aromatic heterocycles. The van der Waals surface area contributed by atoms with Crippen molar-refractivity contribution in [3.05, 3.63) is 177 Å². The Morgan fingerprint density at radius 2 is 1.15 bits per heavy atom. The van der Waals surface area contributed by atoms with Gasteiger partial charge in [0.25, 0.3) is 11.8 Å². The molecule has 0 bridgehead atoms. The Balaban J connectivity index is 0.000000199. The molecule has 8 rings (SSSR count). The van der Waals surface area contributed by atoms with Crippen molar-refractivity contribution in [2.75, 3.05) is 0 Å². The zero-order valence-electron chi connectivity index (χ0n) is 39.1. The van der Waals surface area contributed by atoms with Gasteiger partial charge < -0.3 is 46.4 Å². The largest absolute Gasteiger partial charge is 0.508 e. The number of primary amides is 2. The SMILES string of the molecule is CC(C)Oc1ccc(C(=O)N[C@@H](Cc2ccc(O)cc2)C(N)=O)cc1Cl.CC(C)Oc1ccc(C(=O)N[C@@H](Cc2ccc(OC3=Nc4ccccc4C3)cc2)C(N)=O)cc1Cl.Clc1nc2ccccc2[nH]1. The number of aliphatic imine (C=N–C) groups is 1. The summed E-state index contributed by atoms with van der Waals surface area (Å²) in [6, 6.07) is 36.8. The van der Waals surface area contributed by atoms with Crippen LogP contribution in [0.15, 0.2) is 138 Å². The molecule has 1 aliphatic rings. The molecule has 0 spiro atoms. The van der Waals surface area contributed by atoms with Gasteiger partial charge in [0.15, 0.2) is 5.90 Å². The number of aromatic hydroxyl groups is 1. The molecule has 18 heteroatoms. The normalized spacial score (nSPS) is 12.3. The molecular weight excluding hydrogens is 969 g/mol. The Hall–Kier alpha value is -7.59. The fourth-order valence-electron chi connectivity index (χ4n) is 6.93. The average molecular weight is 1020 g/mol. The maximum absolute atomic E-state index is 12.7. The molecule has 368 valence electrons. The first kappa shape index (κ1) is 52.8. The van der Waals surface area contributed by atoms with Crippen LogP contribution in [-0.4, -0.2) is 68.9 Å². The van der Waals surface area contributed by atoms with E-state index in [4.69, 9.17) is 60.5 Å². The zero-order valence-corrected chi connectivity index (χ0v) is 41.4. The predicted molar refractivity (Wildman–Crippen MR) is 276 cm³/mol. The van der Waals surface area contributed by atoms with Gasteiger partial charge in [0.2, 0.25) is 17.1 Å². The van der Waals surface area contributed by atoms with Crippen molar-refractivity contribution in [3.63, 3.8) is 0 Å². The van der Waals surface area contributed by atoms with Gasteiger partial charge in [-0.1, -0.05) is 77.8 Å². The van der Waals surface area contributed by atoms with Crippen LogP contribution in [0.4, 0.5) is 5.69 Å². The number of phenolic OH excluding ortho intramolecular Hbond substituents is 1. The van der Waals surface area contributed by atoms with Gasteiger partial charge >= 0.3 is 0 Å². The summed E-state index contributed by atoms with van der Waals surface area (Å²) in [5, 5.41) is 15.7. The molecular formula is C53H52Cl3N7O8. The van der Waals surface area contributed by atoms with Crippen molar-refractivity contribution in [2.24, 2.45) is 16.5 Å². The highest BCUT2D eigenvalue weighted by Crippen LogP contribution is 2.29. The lowest BCUT2D eigenvalue weighted by atomic mass is 10.0. The number of halogens is 3. The number of amides is 4. The number of phenols is 1. The maximum atomic E-state index is 12.7. The fraction of sp³-hybridized carbons (Fsp3) is 0.208. The van der Waals surface area contributed by atoms with Crippen LogP contribution in [-0.2, 0) is 28.9 Å². The van der Waals surface area contributed by atoms with Crippen LogP contribution in [0.1, 0.15) is 65.1 Å². The van der Waals surface area contributed by atoms with Gasteiger partial charge in [-0.05, 0) is 135 Å². The lowest BCUT2D eigenvalue weighted by Crippen LogP contribution is -2.45. The summed E-state index contributed by atoms with van der Waals surface area (Å²) < 4.78 is 17.0. The van der Waals surface area contributed by atoms with E-state index in [-0.39, 0.29) is 30.8 Å². The number of hydrogen-bond donors (Lipinski definition) is 6. The quantitative estimate of drug-likeness (QED) is 0.0573. The van der Waals surface area contributed by atoms with Gasteiger partial charge in [0, 0.05) is 24.0 Å². The molecule has 0 fully saturated rings. The number of nitrogens with one attached hydrogen (secondary N) is 3. The van der Waals surface area contributed by atoms with E-state index in [0.29, 0.717) is 56.0 Å². The lowest BCUT2D eigenvalue weighted by molar-refractivity contribution is -0.120. The molecule has 0 radical (unpaired) electrons. The van der Waals surface area contributed by atoms with E-state index in [2.05, 4.69) is 25.6 Å². The number of rotatable bonds is 15. The second-order valence-electron chi connectivity index (χ2n) is 16.7. The first-order valence-electron chi connectivity index (χ1n) is 22.3. The highest BCUT2D eigenvalue weighted by atomic mass is 35.5. The number of para-hydroxylation sites is 3. The van der Waals surface area contributed by atoms with Crippen molar-refractivity contribution in [1.82, 2.24) is 20.6 Å². The number of benzene rings is 6. The van der Waals surface area contributed by atoms with Gasteiger partial charge in [-0.3, -0.25) is 19.2 Å². The molecule has 15 nitrogen and oxygen atoms in total. The Bertz CT molecular complexity index is 2980. The van der Waals surface area contributed by atoms with Crippen molar-refractivity contribution < 1.29 is 38.5 Å². The molecule has 6 aromatic carbocycles. The van der Waals surface area contributed by atoms with Crippen molar-refractivity contribution in [3.8, 4) is 23.0 Å². The van der Waals surface area contributed by atoms with Gasteiger partial charge in [-0.15, -0.1) is 0 Å². The van der Waals surface area contributed by atoms with Gasteiger partial charge in [0.05, 0.1) is 45.4 Å². The highest BCUT2D eigenvalue weighted by Gasteiger charge is 2.23. The minimum Gasteiger partial charge on any atom is -0.508 e. The number of aromatic amines is 1. The topological polar surface area (TPSA) is 233 Å². The first-order chi connectivity index (χ1) is 33.9. The van der Waals surface area contributed by atoms with Crippen molar-refractivity contribution in [1.29, 1.82) is 0 Å². The molecule has 4 amide bonds. The Labute approximate surface area is 425 Å². The lowest BCUT2D eigenvalue weighted by Gasteiger charge is -2.17. The summed E-state index contributed by atoms with van der Waals surface area (Å²) in [7, 11) is 0. The summed E-state index contributed by atoms with van der Waals surface area (Å²) in [6.07, 6.45) is 0.990. The summed E-state index contributed by atoms with van der Waals surface area (Å²) in [6.45, 7) is 7.51. The molecule has 0 unspecified atom stereocenters.